The predicted octanol–water partition coefficient (Wildman–Crippen LogP) is 4.71. The van der Waals surface area contributed by atoms with Gasteiger partial charge in [-0.25, -0.2) is 8.42 Å². The van der Waals surface area contributed by atoms with Crippen LogP contribution in [0.1, 0.15) is 17.5 Å². The van der Waals surface area contributed by atoms with E-state index in [9.17, 15) is 13.2 Å². The van der Waals surface area contributed by atoms with Gasteiger partial charge in [0, 0.05) is 11.0 Å². The molecule has 0 aliphatic rings. The number of benzene rings is 3. The van der Waals surface area contributed by atoms with Gasteiger partial charge in [0.25, 0.3) is 10.0 Å². The summed E-state index contributed by atoms with van der Waals surface area (Å²) in [5.74, 6) is 0.443. The van der Waals surface area contributed by atoms with Crippen molar-refractivity contribution in [3.63, 3.8) is 0 Å². The fraction of sp³-hybridized carbons (Fsp3) is 0.240. The molecule has 3 aromatic rings. The third-order valence-corrected chi connectivity index (χ3v) is 7.45. The van der Waals surface area contributed by atoms with Crippen molar-refractivity contribution in [1.29, 1.82) is 0 Å². The molecule has 0 heterocycles. The van der Waals surface area contributed by atoms with Crippen LogP contribution in [0.5, 0.6) is 5.75 Å². The molecule has 8 heteroatoms. The first-order chi connectivity index (χ1) is 15.8. The maximum absolute atomic E-state index is 13.4. The zero-order valence-electron chi connectivity index (χ0n) is 18.6. The number of hydrogen-bond donors (Lipinski definition) is 1. The summed E-state index contributed by atoms with van der Waals surface area (Å²) in [6.45, 7) is 2.03. The fourth-order valence-electron chi connectivity index (χ4n) is 3.26. The second kappa shape index (κ2) is 11.3. The highest BCUT2D eigenvalue weighted by molar-refractivity contribution is 9.10. The molecule has 0 aliphatic carbocycles. The van der Waals surface area contributed by atoms with Gasteiger partial charge >= 0.3 is 0 Å². The normalized spacial score (nSPS) is 11.1. The van der Waals surface area contributed by atoms with E-state index in [4.69, 9.17) is 4.74 Å². The number of anilines is 1. The van der Waals surface area contributed by atoms with E-state index in [1.807, 2.05) is 31.2 Å². The minimum Gasteiger partial charge on any atom is -0.497 e. The summed E-state index contributed by atoms with van der Waals surface area (Å²) in [6.07, 6.45) is 1.53. The standard InChI is InChI=1S/C25H27BrN2O4S/c1-19-5-15-24(16-6-19)33(30,31)28(22-11-9-21(26)10-12-22)18-25(29)27-17-3-4-20-7-13-23(32-2)14-8-20/h5-16H,3-4,17-18H2,1-2H3,(H,27,29). The Balaban J connectivity index is 1.67. The van der Waals surface area contributed by atoms with E-state index in [0.717, 1.165) is 38.5 Å². The number of nitrogens with one attached hydrogen (secondary N) is 1. The smallest absolute Gasteiger partial charge is 0.264 e. The molecule has 0 aromatic heterocycles. The molecular weight excluding hydrogens is 504 g/mol. The Morgan fingerprint density at radius 2 is 1.61 bits per heavy atom. The molecule has 6 nitrogen and oxygen atoms in total. The van der Waals surface area contributed by atoms with E-state index in [2.05, 4.69) is 21.2 Å². The highest BCUT2D eigenvalue weighted by Gasteiger charge is 2.27. The van der Waals surface area contributed by atoms with Gasteiger partial charge in [0.05, 0.1) is 17.7 Å². The molecule has 0 saturated heterocycles. The molecule has 1 amide bonds. The number of halogens is 1. The van der Waals surface area contributed by atoms with Crippen molar-refractivity contribution >= 4 is 37.5 Å². The summed E-state index contributed by atoms with van der Waals surface area (Å²) in [5.41, 5.74) is 2.52. The first-order valence-electron chi connectivity index (χ1n) is 10.5. The lowest BCUT2D eigenvalue weighted by atomic mass is 10.1. The third kappa shape index (κ3) is 6.82. The van der Waals surface area contributed by atoms with Crippen molar-refractivity contribution in [3.8, 4) is 5.75 Å². The van der Waals surface area contributed by atoms with Gasteiger partial charge in [0.1, 0.15) is 12.3 Å². The third-order valence-electron chi connectivity index (χ3n) is 5.13. The zero-order chi connectivity index (χ0) is 23.8. The number of carbonyl (C=O) groups excluding carboxylic acids is 1. The SMILES string of the molecule is COc1ccc(CCCNC(=O)CN(c2ccc(Br)cc2)S(=O)(=O)c2ccc(C)cc2)cc1. The summed E-state index contributed by atoms with van der Waals surface area (Å²) in [5, 5.41) is 2.84. The minimum atomic E-state index is -3.91. The van der Waals surface area contributed by atoms with Crippen LogP contribution in [0.2, 0.25) is 0 Å². The highest BCUT2D eigenvalue weighted by Crippen LogP contribution is 2.25. The van der Waals surface area contributed by atoms with Gasteiger partial charge < -0.3 is 10.1 Å². The monoisotopic (exact) mass is 530 g/mol. The first-order valence-corrected chi connectivity index (χ1v) is 12.8. The molecule has 0 fully saturated rings. The molecule has 0 saturated carbocycles. The van der Waals surface area contributed by atoms with Crippen LogP contribution in [-0.2, 0) is 21.2 Å². The van der Waals surface area contributed by atoms with Crippen LogP contribution in [0.25, 0.3) is 0 Å². The summed E-state index contributed by atoms with van der Waals surface area (Å²) in [6, 6.07) is 21.2. The number of methoxy groups -OCH3 is 1. The van der Waals surface area contributed by atoms with Crippen molar-refractivity contribution in [2.24, 2.45) is 0 Å². The van der Waals surface area contributed by atoms with Crippen LogP contribution in [0.15, 0.2) is 82.2 Å². The topological polar surface area (TPSA) is 75.7 Å². The predicted molar refractivity (Wildman–Crippen MR) is 134 cm³/mol. The zero-order valence-corrected chi connectivity index (χ0v) is 21.0. The maximum Gasteiger partial charge on any atom is 0.264 e. The Bertz CT molecular complexity index is 1160. The molecule has 3 rings (SSSR count). The van der Waals surface area contributed by atoms with Gasteiger partial charge in [-0.15, -0.1) is 0 Å². The lowest BCUT2D eigenvalue weighted by Gasteiger charge is -2.24. The number of sulfonamides is 1. The second-order valence-electron chi connectivity index (χ2n) is 7.60. The molecule has 0 radical (unpaired) electrons. The van der Waals surface area contributed by atoms with Gasteiger partial charge in [-0.05, 0) is 73.9 Å². The van der Waals surface area contributed by atoms with Crippen LogP contribution in [0.4, 0.5) is 5.69 Å². The minimum absolute atomic E-state index is 0.142. The average molecular weight is 531 g/mol. The van der Waals surface area contributed by atoms with E-state index in [1.54, 1.807) is 55.6 Å². The van der Waals surface area contributed by atoms with Crippen LogP contribution >= 0.6 is 15.9 Å². The Kier molecular flexibility index (Phi) is 8.52. The largest absolute Gasteiger partial charge is 0.497 e. The van der Waals surface area contributed by atoms with Crippen molar-refractivity contribution < 1.29 is 17.9 Å². The van der Waals surface area contributed by atoms with Gasteiger partial charge in [0.15, 0.2) is 0 Å². The van der Waals surface area contributed by atoms with Crippen LogP contribution in [0.3, 0.4) is 0 Å². The molecule has 174 valence electrons. The van der Waals surface area contributed by atoms with Crippen molar-refractivity contribution in [3.05, 3.63) is 88.4 Å². The Labute approximate surface area is 203 Å². The Morgan fingerprint density at radius 1 is 0.970 bits per heavy atom. The average Bonchev–Trinajstić information content (AvgIpc) is 2.81. The molecule has 1 N–H and O–H groups in total. The van der Waals surface area contributed by atoms with Crippen molar-refractivity contribution in [1.82, 2.24) is 5.32 Å². The maximum atomic E-state index is 13.4. The Morgan fingerprint density at radius 3 is 2.21 bits per heavy atom. The van der Waals surface area contributed by atoms with Gasteiger partial charge in [0.2, 0.25) is 5.91 Å². The van der Waals surface area contributed by atoms with Crippen molar-refractivity contribution in [2.75, 3.05) is 24.5 Å². The van der Waals surface area contributed by atoms with Gasteiger partial charge in [-0.2, -0.15) is 0 Å². The number of carbonyl (C=O) groups is 1. The molecule has 0 aliphatic heterocycles. The number of ether oxygens (including phenoxy) is 1. The van der Waals surface area contributed by atoms with E-state index < -0.39 is 10.0 Å². The lowest BCUT2D eigenvalue weighted by Crippen LogP contribution is -2.41. The Hall–Kier alpha value is -2.84. The molecule has 0 spiro atoms. The van der Waals surface area contributed by atoms with Crippen LogP contribution in [0, 0.1) is 6.92 Å². The van der Waals surface area contributed by atoms with Crippen molar-refractivity contribution in [2.45, 2.75) is 24.7 Å². The van der Waals surface area contributed by atoms with E-state index in [0.29, 0.717) is 12.2 Å². The first kappa shape index (κ1) is 24.8. The van der Waals surface area contributed by atoms with Crippen LogP contribution < -0.4 is 14.4 Å². The molecule has 3 aromatic carbocycles. The number of nitrogens with zero attached hydrogens (tertiary/aromatic N) is 1. The number of rotatable bonds is 10. The lowest BCUT2D eigenvalue weighted by molar-refractivity contribution is -0.119. The quantitative estimate of drug-likeness (QED) is 0.385. The number of hydrogen-bond acceptors (Lipinski definition) is 4. The highest BCUT2D eigenvalue weighted by atomic mass is 79.9. The summed E-state index contributed by atoms with van der Waals surface area (Å²) in [4.78, 5) is 12.8. The van der Waals surface area contributed by atoms with E-state index in [-0.39, 0.29) is 17.3 Å². The summed E-state index contributed by atoms with van der Waals surface area (Å²) < 4.78 is 33.8. The molecule has 0 atom stereocenters. The fourth-order valence-corrected chi connectivity index (χ4v) is 4.94. The van der Waals surface area contributed by atoms with Gasteiger partial charge in [-0.1, -0.05) is 45.8 Å². The molecule has 33 heavy (non-hydrogen) atoms. The van der Waals surface area contributed by atoms with E-state index >= 15 is 0 Å². The van der Waals surface area contributed by atoms with Gasteiger partial charge in [-0.3, -0.25) is 9.10 Å². The van der Waals surface area contributed by atoms with Crippen LogP contribution in [-0.4, -0.2) is 34.5 Å². The molecule has 0 bridgehead atoms. The second-order valence-corrected chi connectivity index (χ2v) is 10.4. The number of aryl methyl sites for hydroxylation is 2. The summed E-state index contributed by atoms with van der Waals surface area (Å²) >= 11 is 3.36. The summed E-state index contributed by atoms with van der Waals surface area (Å²) in [7, 11) is -2.29. The molecule has 0 unspecified atom stereocenters. The molecular formula is C25H27BrN2O4S. The number of amides is 1. The van der Waals surface area contributed by atoms with E-state index in [1.165, 1.54) is 0 Å².